The van der Waals surface area contributed by atoms with Gasteiger partial charge in [0.2, 0.25) is 0 Å². The van der Waals surface area contributed by atoms with Crippen LogP contribution in [0.4, 0.5) is 11.4 Å². The number of nitrogen functional groups attached to an aromatic ring is 1. The van der Waals surface area contributed by atoms with Crippen LogP contribution in [-0.4, -0.2) is 29.5 Å². The Morgan fingerprint density at radius 1 is 1.36 bits per heavy atom. The lowest BCUT2D eigenvalue weighted by molar-refractivity contribution is 0.204. The van der Waals surface area contributed by atoms with Crippen LogP contribution in [0.2, 0.25) is 5.02 Å². The van der Waals surface area contributed by atoms with Crippen molar-refractivity contribution in [3.63, 3.8) is 0 Å². The third-order valence-corrected chi connectivity index (χ3v) is 2.15. The maximum absolute atomic E-state index is 8.86. The first-order chi connectivity index (χ1) is 6.69. The van der Waals surface area contributed by atoms with Crippen LogP contribution in [0.15, 0.2) is 18.2 Å². The van der Waals surface area contributed by atoms with E-state index in [2.05, 4.69) is 5.32 Å². The lowest BCUT2D eigenvalue weighted by Crippen LogP contribution is -2.28. The van der Waals surface area contributed by atoms with Gasteiger partial charge in [-0.3, -0.25) is 0 Å². The zero-order valence-corrected chi connectivity index (χ0v) is 8.33. The summed E-state index contributed by atoms with van der Waals surface area (Å²) < 4.78 is 0. The zero-order chi connectivity index (χ0) is 10.6. The normalized spacial score (nSPS) is 10.6. The fraction of sp³-hybridized carbons (Fsp3) is 0.333. The molecular weight excluding hydrogens is 204 g/mol. The Bertz CT molecular complexity index is 283. The average Bonchev–Trinajstić information content (AvgIpc) is 2.18. The number of halogens is 1. The molecule has 0 fully saturated rings. The number of rotatable bonds is 4. The monoisotopic (exact) mass is 216 g/mol. The van der Waals surface area contributed by atoms with E-state index in [0.717, 1.165) is 0 Å². The van der Waals surface area contributed by atoms with Crippen LogP contribution in [0, 0.1) is 0 Å². The fourth-order valence-corrected chi connectivity index (χ4v) is 1.28. The van der Waals surface area contributed by atoms with Gasteiger partial charge in [-0.05, 0) is 12.1 Å². The lowest BCUT2D eigenvalue weighted by atomic mass is 10.2. The second kappa shape index (κ2) is 5.05. The minimum absolute atomic E-state index is 0.179. The smallest absolute Gasteiger partial charge is 0.0766 e. The molecule has 5 N–H and O–H groups in total. The number of nitrogens with one attached hydrogen (secondary N) is 1. The third kappa shape index (κ3) is 2.51. The van der Waals surface area contributed by atoms with E-state index in [1.165, 1.54) is 0 Å². The summed E-state index contributed by atoms with van der Waals surface area (Å²) in [6.07, 6.45) is 0. The number of para-hydroxylation sites is 1. The summed E-state index contributed by atoms with van der Waals surface area (Å²) in [5, 5.41) is 21.1. The minimum atomic E-state index is -0.447. The number of anilines is 2. The van der Waals surface area contributed by atoms with Gasteiger partial charge in [0.1, 0.15) is 0 Å². The van der Waals surface area contributed by atoms with Crippen molar-refractivity contribution >= 4 is 23.0 Å². The van der Waals surface area contributed by atoms with Crippen LogP contribution in [0.3, 0.4) is 0 Å². The number of aliphatic hydroxyl groups excluding tert-OH is 2. The molecule has 0 spiro atoms. The Labute approximate surface area is 87.3 Å². The molecule has 0 aliphatic carbocycles. The molecule has 0 radical (unpaired) electrons. The molecule has 0 amide bonds. The predicted molar refractivity (Wildman–Crippen MR) is 57.4 cm³/mol. The van der Waals surface area contributed by atoms with Crippen molar-refractivity contribution in [1.82, 2.24) is 0 Å². The molecule has 0 unspecified atom stereocenters. The molecule has 0 saturated carbocycles. The maximum atomic E-state index is 8.86. The van der Waals surface area contributed by atoms with Crippen LogP contribution in [0.25, 0.3) is 0 Å². The molecule has 1 aromatic carbocycles. The zero-order valence-electron chi connectivity index (χ0n) is 7.57. The minimum Gasteiger partial charge on any atom is -0.397 e. The molecular formula is C9H13ClN2O2. The summed E-state index contributed by atoms with van der Waals surface area (Å²) in [6, 6.07) is 4.67. The van der Waals surface area contributed by atoms with Gasteiger partial charge in [0.25, 0.3) is 0 Å². The van der Waals surface area contributed by atoms with E-state index in [9.17, 15) is 0 Å². The van der Waals surface area contributed by atoms with Gasteiger partial charge in [0, 0.05) is 0 Å². The first kappa shape index (κ1) is 11.1. The number of hydrogen-bond acceptors (Lipinski definition) is 4. The van der Waals surface area contributed by atoms with Crippen molar-refractivity contribution in [2.75, 3.05) is 24.3 Å². The van der Waals surface area contributed by atoms with Crippen LogP contribution < -0.4 is 11.1 Å². The fourth-order valence-electron chi connectivity index (χ4n) is 1.05. The Hall–Kier alpha value is -0.970. The quantitative estimate of drug-likeness (QED) is 0.559. The van der Waals surface area contributed by atoms with Crippen molar-refractivity contribution < 1.29 is 10.2 Å². The highest BCUT2D eigenvalue weighted by atomic mass is 35.5. The van der Waals surface area contributed by atoms with E-state index >= 15 is 0 Å². The molecule has 0 aromatic heterocycles. The van der Waals surface area contributed by atoms with Crippen molar-refractivity contribution in [2.45, 2.75) is 6.04 Å². The van der Waals surface area contributed by atoms with Crippen LogP contribution >= 0.6 is 11.6 Å². The molecule has 0 aliphatic rings. The standard InChI is InChI=1S/C9H13ClN2O2/c10-7-2-1-3-8(11)9(7)12-6(4-13)5-14/h1-3,6,12-14H,4-5,11H2. The van der Waals surface area contributed by atoms with Gasteiger partial charge in [0.05, 0.1) is 35.7 Å². The highest BCUT2D eigenvalue weighted by molar-refractivity contribution is 6.33. The first-order valence-electron chi connectivity index (χ1n) is 4.21. The Morgan fingerprint density at radius 2 is 2.00 bits per heavy atom. The highest BCUT2D eigenvalue weighted by Gasteiger charge is 2.09. The van der Waals surface area contributed by atoms with E-state index in [-0.39, 0.29) is 13.2 Å². The van der Waals surface area contributed by atoms with E-state index in [1.807, 2.05) is 0 Å². The number of aliphatic hydroxyl groups is 2. The first-order valence-corrected chi connectivity index (χ1v) is 4.59. The summed E-state index contributed by atoms with van der Waals surface area (Å²) in [4.78, 5) is 0. The predicted octanol–water partition coefficient (Wildman–Crippen LogP) is 0.687. The number of hydrogen-bond donors (Lipinski definition) is 4. The molecule has 78 valence electrons. The number of benzene rings is 1. The summed E-state index contributed by atoms with van der Waals surface area (Å²) >= 11 is 5.88. The van der Waals surface area contributed by atoms with Gasteiger partial charge >= 0.3 is 0 Å². The highest BCUT2D eigenvalue weighted by Crippen LogP contribution is 2.28. The molecule has 5 heteroatoms. The summed E-state index contributed by atoms with van der Waals surface area (Å²) in [6.45, 7) is -0.359. The van der Waals surface area contributed by atoms with Crippen LogP contribution in [0.5, 0.6) is 0 Å². The molecule has 0 heterocycles. The number of nitrogens with two attached hydrogens (primary N) is 1. The molecule has 1 aromatic rings. The van der Waals surface area contributed by atoms with Gasteiger partial charge in [-0.2, -0.15) is 0 Å². The third-order valence-electron chi connectivity index (χ3n) is 1.84. The molecule has 0 aliphatic heterocycles. The van der Waals surface area contributed by atoms with E-state index in [1.54, 1.807) is 18.2 Å². The van der Waals surface area contributed by atoms with Crippen LogP contribution in [-0.2, 0) is 0 Å². The topological polar surface area (TPSA) is 78.5 Å². The summed E-state index contributed by atoms with van der Waals surface area (Å²) in [5.41, 5.74) is 6.70. The largest absolute Gasteiger partial charge is 0.397 e. The average molecular weight is 217 g/mol. The van der Waals surface area contributed by atoms with Crippen molar-refractivity contribution in [3.05, 3.63) is 23.2 Å². The van der Waals surface area contributed by atoms with Gasteiger partial charge in [-0.1, -0.05) is 17.7 Å². The van der Waals surface area contributed by atoms with Crippen molar-refractivity contribution in [3.8, 4) is 0 Å². The Kier molecular flexibility index (Phi) is 4.00. The SMILES string of the molecule is Nc1cccc(Cl)c1NC(CO)CO. The second-order valence-electron chi connectivity index (χ2n) is 2.91. The summed E-state index contributed by atoms with van der Waals surface area (Å²) in [5.74, 6) is 0. The van der Waals surface area contributed by atoms with Crippen molar-refractivity contribution in [1.29, 1.82) is 0 Å². The van der Waals surface area contributed by atoms with Crippen molar-refractivity contribution in [2.24, 2.45) is 0 Å². The molecule has 1 rings (SSSR count). The maximum Gasteiger partial charge on any atom is 0.0766 e. The summed E-state index contributed by atoms with van der Waals surface area (Å²) in [7, 11) is 0. The second-order valence-corrected chi connectivity index (χ2v) is 3.32. The molecule has 14 heavy (non-hydrogen) atoms. The Balaban J connectivity index is 2.84. The van der Waals surface area contributed by atoms with Crippen LogP contribution in [0.1, 0.15) is 0 Å². The Morgan fingerprint density at radius 3 is 2.50 bits per heavy atom. The van der Waals surface area contributed by atoms with E-state index < -0.39 is 6.04 Å². The van der Waals surface area contributed by atoms with Gasteiger partial charge in [-0.15, -0.1) is 0 Å². The molecule has 0 bridgehead atoms. The van der Waals surface area contributed by atoms with Gasteiger partial charge in [0.15, 0.2) is 0 Å². The van der Waals surface area contributed by atoms with E-state index in [4.69, 9.17) is 27.5 Å². The van der Waals surface area contributed by atoms with E-state index in [0.29, 0.717) is 16.4 Å². The lowest BCUT2D eigenvalue weighted by Gasteiger charge is -2.17. The molecule has 0 saturated heterocycles. The van der Waals surface area contributed by atoms with Gasteiger partial charge in [-0.25, -0.2) is 0 Å². The molecule has 4 nitrogen and oxygen atoms in total. The molecule has 0 atom stereocenters. The van der Waals surface area contributed by atoms with Gasteiger partial charge < -0.3 is 21.3 Å².